The molecule has 1 aromatic carbocycles. The Morgan fingerprint density at radius 2 is 2.24 bits per heavy atom. The molecule has 0 heterocycles. The van der Waals surface area contributed by atoms with E-state index in [1.165, 1.54) is 12.1 Å². The highest BCUT2D eigenvalue weighted by Gasteiger charge is 2.22. The standard InChI is InChI=1S/C13H16FNO2/c1-8-2-4-10(6-8)15-12-5-3-9(14)7-11(12)13(16)17/h3,5,7-8,10,15H,2,4,6H2,1H3,(H,16,17). The number of hydrogen-bond donors (Lipinski definition) is 2. The van der Waals surface area contributed by atoms with Gasteiger partial charge in [-0.2, -0.15) is 0 Å². The molecule has 4 heteroatoms. The quantitative estimate of drug-likeness (QED) is 0.849. The van der Waals surface area contributed by atoms with E-state index in [4.69, 9.17) is 5.11 Å². The maximum atomic E-state index is 13.0. The molecule has 2 N–H and O–H groups in total. The fraction of sp³-hybridized carbons (Fsp3) is 0.462. The molecule has 92 valence electrons. The molecule has 0 aliphatic heterocycles. The number of halogens is 1. The van der Waals surface area contributed by atoms with E-state index in [0.29, 0.717) is 17.6 Å². The van der Waals surface area contributed by atoms with Gasteiger partial charge < -0.3 is 10.4 Å². The number of nitrogens with one attached hydrogen (secondary N) is 1. The molecule has 0 amide bonds. The second kappa shape index (κ2) is 4.73. The molecule has 0 aromatic heterocycles. The smallest absolute Gasteiger partial charge is 0.337 e. The average molecular weight is 237 g/mol. The second-order valence-corrected chi connectivity index (χ2v) is 4.75. The molecule has 0 radical (unpaired) electrons. The first-order chi connectivity index (χ1) is 8.06. The lowest BCUT2D eigenvalue weighted by molar-refractivity contribution is 0.0697. The van der Waals surface area contributed by atoms with Crippen molar-refractivity contribution in [1.29, 1.82) is 0 Å². The van der Waals surface area contributed by atoms with Gasteiger partial charge in [0, 0.05) is 11.7 Å². The minimum atomic E-state index is -1.10. The molecule has 0 bridgehead atoms. The fourth-order valence-electron chi connectivity index (χ4n) is 2.38. The zero-order valence-electron chi connectivity index (χ0n) is 9.74. The van der Waals surface area contributed by atoms with Crippen LogP contribution in [0.3, 0.4) is 0 Å². The van der Waals surface area contributed by atoms with Gasteiger partial charge in [0.1, 0.15) is 5.82 Å². The Morgan fingerprint density at radius 3 is 2.82 bits per heavy atom. The summed E-state index contributed by atoms with van der Waals surface area (Å²) in [6.45, 7) is 2.18. The van der Waals surface area contributed by atoms with Crippen molar-refractivity contribution in [2.75, 3.05) is 5.32 Å². The molecule has 2 atom stereocenters. The van der Waals surface area contributed by atoms with E-state index < -0.39 is 11.8 Å². The number of benzene rings is 1. The lowest BCUT2D eigenvalue weighted by atomic mass is 10.1. The first-order valence-corrected chi connectivity index (χ1v) is 5.85. The third-order valence-corrected chi connectivity index (χ3v) is 3.27. The van der Waals surface area contributed by atoms with Crippen molar-refractivity contribution in [3.05, 3.63) is 29.6 Å². The van der Waals surface area contributed by atoms with E-state index in [9.17, 15) is 9.18 Å². The van der Waals surface area contributed by atoms with Crippen molar-refractivity contribution in [3.63, 3.8) is 0 Å². The summed E-state index contributed by atoms with van der Waals surface area (Å²) in [4.78, 5) is 11.0. The minimum Gasteiger partial charge on any atom is -0.478 e. The maximum absolute atomic E-state index is 13.0. The summed E-state index contributed by atoms with van der Waals surface area (Å²) in [6, 6.07) is 4.14. The first kappa shape index (κ1) is 11.9. The maximum Gasteiger partial charge on any atom is 0.337 e. The van der Waals surface area contributed by atoms with Crippen LogP contribution in [-0.2, 0) is 0 Å². The topological polar surface area (TPSA) is 49.3 Å². The van der Waals surface area contributed by atoms with Crippen molar-refractivity contribution < 1.29 is 14.3 Å². The van der Waals surface area contributed by atoms with Gasteiger partial charge in [-0.1, -0.05) is 6.92 Å². The second-order valence-electron chi connectivity index (χ2n) is 4.75. The number of rotatable bonds is 3. The molecular weight excluding hydrogens is 221 g/mol. The third kappa shape index (κ3) is 2.75. The lowest BCUT2D eigenvalue weighted by Crippen LogP contribution is -2.17. The average Bonchev–Trinajstić information content (AvgIpc) is 2.66. The van der Waals surface area contributed by atoms with Crippen molar-refractivity contribution >= 4 is 11.7 Å². The monoisotopic (exact) mass is 237 g/mol. The molecule has 17 heavy (non-hydrogen) atoms. The molecule has 2 rings (SSSR count). The normalized spacial score (nSPS) is 23.6. The van der Waals surface area contributed by atoms with Gasteiger partial charge in [0.25, 0.3) is 0 Å². The predicted octanol–water partition coefficient (Wildman–Crippen LogP) is 3.12. The number of anilines is 1. The van der Waals surface area contributed by atoms with Crippen molar-refractivity contribution in [2.45, 2.75) is 32.2 Å². The van der Waals surface area contributed by atoms with Gasteiger partial charge in [0.15, 0.2) is 0 Å². The van der Waals surface area contributed by atoms with Gasteiger partial charge in [-0.05, 0) is 43.4 Å². The van der Waals surface area contributed by atoms with Crippen LogP contribution in [0.2, 0.25) is 0 Å². The summed E-state index contributed by atoms with van der Waals surface area (Å²) in [7, 11) is 0. The molecular formula is C13H16FNO2. The third-order valence-electron chi connectivity index (χ3n) is 3.27. The van der Waals surface area contributed by atoms with Gasteiger partial charge in [-0.3, -0.25) is 0 Å². The van der Waals surface area contributed by atoms with Crippen LogP contribution in [0.1, 0.15) is 36.5 Å². The van der Waals surface area contributed by atoms with Gasteiger partial charge in [-0.25, -0.2) is 9.18 Å². The van der Waals surface area contributed by atoms with Gasteiger partial charge in [0.2, 0.25) is 0 Å². The Kier molecular flexibility index (Phi) is 3.31. The SMILES string of the molecule is CC1CCC(Nc2ccc(F)cc2C(=O)O)C1. The Bertz CT molecular complexity index is 433. The number of carboxylic acids is 1. The van der Waals surface area contributed by atoms with E-state index in [2.05, 4.69) is 12.2 Å². The first-order valence-electron chi connectivity index (χ1n) is 5.85. The molecule has 1 aliphatic carbocycles. The zero-order valence-corrected chi connectivity index (χ0v) is 9.74. The summed E-state index contributed by atoms with van der Waals surface area (Å²) in [5.74, 6) is -0.952. The molecule has 1 aromatic rings. The Morgan fingerprint density at radius 1 is 1.47 bits per heavy atom. The van der Waals surface area contributed by atoms with Crippen LogP contribution in [-0.4, -0.2) is 17.1 Å². The Balaban J connectivity index is 2.17. The van der Waals surface area contributed by atoms with E-state index >= 15 is 0 Å². The van der Waals surface area contributed by atoms with Crippen LogP contribution >= 0.6 is 0 Å². The largest absolute Gasteiger partial charge is 0.478 e. The molecule has 0 saturated heterocycles. The van der Waals surface area contributed by atoms with Crippen LogP contribution < -0.4 is 5.32 Å². The highest BCUT2D eigenvalue weighted by Crippen LogP contribution is 2.28. The molecule has 1 saturated carbocycles. The lowest BCUT2D eigenvalue weighted by Gasteiger charge is -2.15. The minimum absolute atomic E-state index is 0.00422. The molecule has 1 aliphatic rings. The van der Waals surface area contributed by atoms with E-state index in [1.54, 1.807) is 0 Å². The van der Waals surface area contributed by atoms with Crippen LogP contribution in [0.4, 0.5) is 10.1 Å². The van der Waals surface area contributed by atoms with E-state index in [1.807, 2.05) is 0 Å². The van der Waals surface area contributed by atoms with Crippen LogP contribution in [0.25, 0.3) is 0 Å². The number of carbonyl (C=O) groups is 1. The Hall–Kier alpha value is -1.58. The number of aromatic carboxylic acids is 1. The van der Waals surface area contributed by atoms with E-state index in [0.717, 1.165) is 25.3 Å². The highest BCUT2D eigenvalue weighted by atomic mass is 19.1. The van der Waals surface area contributed by atoms with Crippen molar-refractivity contribution in [2.24, 2.45) is 5.92 Å². The summed E-state index contributed by atoms with van der Waals surface area (Å²) >= 11 is 0. The summed E-state index contributed by atoms with van der Waals surface area (Å²) < 4.78 is 13.0. The predicted molar refractivity (Wildman–Crippen MR) is 63.8 cm³/mol. The van der Waals surface area contributed by atoms with Crippen LogP contribution in [0.5, 0.6) is 0 Å². The molecule has 2 unspecified atom stereocenters. The summed E-state index contributed by atoms with van der Waals surface area (Å²) in [5.41, 5.74) is 0.516. The van der Waals surface area contributed by atoms with Crippen molar-refractivity contribution in [1.82, 2.24) is 0 Å². The summed E-state index contributed by atoms with van der Waals surface area (Å²) in [5, 5.41) is 12.2. The van der Waals surface area contributed by atoms with Crippen LogP contribution in [0, 0.1) is 11.7 Å². The van der Waals surface area contributed by atoms with Gasteiger partial charge in [-0.15, -0.1) is 0 Å². The van der Waals surface area contributed by atoms with Gasteiger partial charge >= 0.3 is 5.97 Å². The van der Waals surface area contributed by atoms with E-state index in [-0.39, 0.29) is 5.56 Å². The molecule has 1 fully saturated rings. The number of hydrogen-bond acceptors (Lipinski definition) is 2. The van der Waals surface area contributed by atoms with Crippen molar-refractivity contribution in [3.8, 4) is 0 Å². The highest BCUT2D eigenvalue weighted by molar-refractivity contribution is 5.94. The molecule has 3 nitrogen and oxygen atoms in total. The fourth-order valence-corrected chi connectivity index (χ4v) is 2.38. The Labute approximate surface area is 99.7 Å². The zero-order chi connectivity index (χ0) is 12.4. The summed E-state index contributed by atoms with van der Waals surface area (Å²) in [6.07, 6.45) is 3.23. The number of carboxylic acid groups (broad SMARTS) is 1. The van der Waals surface area contributed by atoms with Crippen LogP contribution in [0.15, 0.2) is 18.2 Å². The van der Waals surface area contributed by atoms with Gasteiger partial charge in [0.05, 0.1) is 5.56 Å². The molecule has 0 spiro atoms.